The van der Waals surface area contributed by atoms with Crippen molar-refractivity contribution in [2.45, 2.75) is 4.90 Å². The molecule has 0 fully saturated rings. The van der Waals surface area contributed by atoms with Gasteiger partial charge in [0, 0.05) is 20.9 Å². The van der Waals surface area contributed by atoms with Crippen molar-refractivity contribution in [3.05, 3.63) is 167 Å². The first-order chi connectivity index (χ1) is 18.7. The molecule has 0 saturated heterocycles. The van der Waals surface area contributed by atoms with Crippen LogP contribution >= 0.6 is 30.6 Å². The Morgan fingerprint density at radius 3 is 1.46 bits per heavy atom. The number of nitrogens with one attached hydrogen (secondary N) is 1. The van der Waals surface area contributed by atoms with Crippen molar-refractivity contribution in [2.24, 2.45) is 0 Å². The minimum absolute atomic E-state index is 0. The molecular formula is C33H26Cl2NOPS. The zero-order valence-corrected chi connectivity index (χ0v) is 24.2. The van der Waals surface area contributed by atoms with E-state index < -0.39 is 7.26 Å². The first kappa shape index (κ1) is 28.7. The highest BCUT2D eigenvalue weighted by Gasteiger charge is 2.50. The lowest BCUT2D eigenvalue weighted by Crippen LogP contribution is -3.00. The zero-order valence-electron chi connectivity index (χ0n) is 21.0. The van der Waals surface area contributed by atoms with Gasteiger partial charge in [0.25, 0.3) is 5.91 Å². The number of hydrogen-bond acceptors (Lipinski definition) is 2. The van der Waals surface area contributed by atoms with Gasteiger partial charge in [-0.05, 0) is 72.8 Å². The molecule has 6 heteroatoms. The second-order valence-electron chi connectivity index (χ2n) is 8.57. The fraction of sp³-hybridized carbons (Fsp3) is 0. The van der Waals surface area contributed by atoms with Crippen LogP contribution in [0.2, 0.25) is 5.02 Å². The number of hydrogen-bond donors (Lipinski definition) is 1. The summed E-state index contributed by atoms with van der Waals surface area (Å²) in [6.07, 6.45) is 0. The maximum absolute atomic E-state index is 13.7. The van der Waals surface area contributed by atoms with E-state index in [1.807, 2.05) is 72.8 Å². The van der Waals surface area contributed by atoms with Gasteiger partial charge < -0.3 is 12.4 Å². The largest absolute Gasteiger partial charge is 1.00 e. The molecule has 2 nitrogen and oxygen atoms in total. The third-order valence-electron chi connectivity index (χ3n) is 6.19. The van der Waals surface area contributed by atoms with Crippen LogP contribution in [0.25, 0.3) is 0 Å². The Balaban J connectivity index is 0.00000353. The van der Waals surface area contributed by atoms with Crippen LogP contribution in [0.5, 0.6) is 0 Å². The molecule has 1 N–H and O–H groups in total. The summed E-state index contributed by atoms with van der Waals surface area (Å²) in [5.41, 5.74) is 1.48. The smallest absolute Gasteiger partial charge is 0.258 e. The van der Waals surface area contributed by atoms with Gasteiger partial charge in [0.1, 0.15) is 15.9 Å². The highest BCUT2D eigenvalue weighted by Crippen LogP contribution is 2.62. The van der Waals surface area contributed by atoms with E-state index in [1.165, 1.54) is 0 Å². The molecule has 0 aliphatic heterocycles. The van der Waals surface area contributed by atoms with Crippen molar-refractivity contribution in [3.63, 3.8) is 0 Å². The molecule has 0 bridgehead atoms. The fourth-order valence-electron chi connectivity index (χ4n) is 4.43. The van der Waals surface area contributed by atoms with Gasteiger partial charge in [-0.1, -0.05) is 96.2 Å². The van der Waals surface area contributed by atoms with Gasteiger partial charge in [0.15, 0.2) is 12.7 Å². The van der Waals surface area contributed by atoms with Crippen LogP contribution in [-0.4, -0.2) is 5.91 Å². The van der Waals surface area contributed by atoms with Crippen molar-refractivity contribution in [1.82, 2.24) is 5.32 Å². The summed E-state index contributed by atoms with van der Waals surface area (Å²) in [6.45, 7) is 0. The molecule has 1 amide bonds. The molecule has 0 radical (unpaired) electrons. The van der Waals surface area contributed by atoms with E-state index in [9.17, 15) is 4.79 Å². The third kappa shape index (κ3) is 6.46. The van der Waals surface area contributed by atoms with Crippen LogP contribution < -0.4 is 33.6 Å². The molecule has 0 spiro atoms. The van der Waals surface area contributed by atoms with Gasteiger partial charge >= 0.3 is 0 Å². The predicted molar refractivity (Wildman–Crippen MR) is 164 cm³/mol. The van der Waals surface area contributed by atoms with Gasteiger partial charge in [0.05, 0.1) is 0 Å². The Hall–Kier alpha value is -3.33. The van der Waals surface area contributed by atoms with Crippen LogP contribution in [0.4, 0.5) is 0 Å². The SMILES string of the molecule is O=C(NC(=CSc1ccc(Cl)cc1)[P+](c1ccccc1)(c1ccccc1)c1ccccc1)c1ccccc1.[Cl-]. The van der Waals surface area contributed by atoms with Crippen molar-refractivity contribution < 1.29 is 17.2 Å². The molecule has 0 unspecified atom stereocenters. The Bertz CT molecular complexity index is 1420. The van der Waals surface area contributed by atoms with Gasteiger partial charge in [0.2, 0.25) is 0 Å². The molecule has 5 aromatic carbocycles. The number of thioether (sulfide) groups is 1. The molecule has 0 aromatic heterocycles. The number of benzene rings is 5. The zero-order chi connectivity index (χ0) is 26.2. The topological polar surface area (TPSA) is 29.1 Å². The molecule has 5 rings (SSSR count). The lowest BCUT2D eigenvalue weighted by Gasteiger charge is -2.29. The molecule has 39 heavy (non-hydrogen) atoms. The lowest BCUT2D eigenvalue weighted by molar-refractivity contribution is -0.0000154. The normalized spacial score (nSPS) is 11.4. The minimum Gasteiger partial charge on any atom is -1.00 e. The Morgan fingerprint density at radius 2 is 1.03 bits per heavy atom. The first-order valence-electron chi connectivity index (χ1n) is 12.2. The van der Waals surface area contributed by atoms with Crippen LogP contribution in [0.3, 0.4) is 0 Å². The van der Waals surface area contributed by atoms with Gasteiger partial charge in [-0.2, -0.15) is 0 Å². The van der Waals surface area contributed by atoms with Crippen molar-refractivity contribution >= 4 is 52.4 Å². The molecule has 0 heterocycles. The number of amides is 1. The Morgan fingerprint density at radius 1 is 0.615 bits per heavy atom. The predicted octanol–water partition coefficient (Wildman–Crippen LogP) is 4.66. The fourth-order valence-corrected chi connectivity index (χ4v) is 9.80. The van der Waals surface area contributed by atoms with Crippen molar-refractivity contribution in [3.8, 4) is 0 Å². The van der Waals surface area contributed by atoms with E-state index in [-0.39, 0.29) is 18.3 Å². The number of rotatable bonds is 8. The van der Waals surface area contributed by atoms with Gasteiger partial charge in [-0.25, -0.2) is 0 Å². The Kier molecular flexibility index (Phi) is 10.0. The van der Waals surface area contributed by atoms with Crippen molar-refractivity contribution in [2.75, 3.05) is 0 Å². The summed E-state index contributed by atoms with van der Waals surface area (Å²) in [7, 11) is -2.50. The van der Waals surface area contributed by atoms with Gasteiger partial charge in [-0.15, -0.1) is 0 Å². The first-order valence-corrected chi connectivity index (χ1v) is 15.3. The van der Waals surface area contributed by atoms with Crippen LogP contribution in [0.15, 0.2) is 161 Å². The summed E-state index contributed by atoms with van der Waals surface area (Å²) < 4.78 is 0. The summed E-state index contributed by atoms with van der Waals surface area (Å²) in [5, 5.41) is 9.65. The van der Waals surface area contributed by atoms with Crippen molar-refractivity contribution in [1.29, 1.82) is 0 Å². The number of halogens is 2. The standard InChI is InChI=1S/C33H25ClNOPS.ClH/c34-27-21-23-31(24-22-27)38-25-32(35-33(36)26-13-5-1-6-14-26)37(28-15-7-2-8-16-28,29-17-9-3-10-18-29)30-19-11-4-12-20-30;/h1-25H;1H. The molecule has 5 aromatic rings. The second kappa shape index (κ2) is 13.6. The van der Waals surface area contributed by atoms with E-state index in [2.05, 4.69) is 83.5 Å². The molecular weight excluding hydrogens is 560 g/mol. The highest BCUT2D eigenvalue weighted by molar-refractivity contribution is 8.04. The van der Waals surface area contributed by atoms with Crippen LogP contribution in [0, 0.1) is 0 Å². The quantitative estimate of drug-likeness (QED) is 0.212. The monoisotopic (exact) mass is 585 g/mol. The number of carbonyl (C=O) groups is 1. The Labute approximate surface area is 245 Å². The van der Waals surface area contributed by atoms with E-state index in [0.29, 0.717) is 10.6 Å². The molecule has 194 valence electrons. The minimum atomic E-state index is -2.50. The lowest BCUT2D eigenvalue weighted by atomic mass is 10.2. The number of carbonyl (C=O) groups excluding carboxylic acids is 1. The third-order valence-corrected chi connectivity index (χ3v) is 11.7. The maximum Gasteiger partial charge on any atom is 0.258 e. The summed E-state index contributed by atoms with van der Waals surface area (Å²) in [6, 6.07) is 48.6. The van der Waals surface area contributed by atoms with E-state index in [1.54, 1.807) is 11.8 Å². The molecule has 0 aliphatic carbocycles. The van der Waals surface area contributed by atoms with Crippen LogP contribution in [-0.2, 0) is 0 Å². The molecule has 0 saturated carbocycles. The molecule has 0 aliphatic rings. The summed E-state index contributed by atoms with van der Waals surface area (Å²) >= 11 is 7.73. The maximum atomic E-state index is 13.7. The second-order valence-corrected chi connectivity index (χ2v) is 13.3. The van der Waals surface area contributed by atoms with E-state index in [4.69, 9.17) is 11.6 Å². The highest BCUT2D eigenvalue weighted by atomic mass is 35.5. The van der Waals surface area contributed by atoms with Crippen LogP contribution in [0.1, 0.15) is 10.4 Å². The van der Waals surface area contributed by atoms with E-state index >= 15 is 0 Å². The summed E-state index contributed by atoms with van der Waals surface area (Å²) in [5.74, 6) is -0.138. The molecule has 0 atom stereocenters. The van der Waals surface area contributed by atoms with Gasteiger partial charge in [-0.3, -0.25) is 10.1 Å². The average Bonchev–Trinajstić information content (AvgIpc) is 2.99. The summed E-state index contributed by atoms with van der Waals surface area (Å²) in [4.78, 5) is 14.7. The average molecular weight is 587 g/mol. The van der Waals surface area contributed by atoms with E-state index in [0.717, 1.165) is 26.2 Å².